The Kier molecular flexibility index (Phi) is 6.75. The lowest BCUT2D eigenvalue weighted by Gasteiger charge is -2.45. The normalized spacial score (nSPS) is 21.8. The minimum Gasteiger partial charge on any atom is -0.302 e. The van der Waals surface area contributed by atoms with Crippen molar-refractivity contribution in [2.24, 2.45) is 5.84 Å². The molecule has 0 radical (unpaired) electrons. The van der Waals surface area contributed by atoms with E-state index in [0.717, 1.165) is 25.7 Å². The van der Waals surface area contributed by atoms with Gasteiger partial charge in [0.2, 0.25) is 0 Å². The van der Waals surface area contributed by atoms with Gasteiger partial charge in [0.1, 0.15) is 0 Å². The van der Waals surface area contributed by atoms with Gasteiger partial charge in [-0.25, -0.2) is 0 Å². The average molecular weight is 295 g/mol. The van der Waals surface area contributed by atoms with Crippen LogP contribution in [0.3, 0.4) is 0 Å². The molecule has 1 saturated carbocycles. The van der Waals surface area contributed by atoms with Crippen molar-refractivity contribution in [2.45, 2.75) is 75.5 Å². The van der Waals surface area contributed by atoms with Gasteiger partial charge in [-0.05, 0) is 39.8 Å². The molecule has 120 valence electrons. The summed E-state index contributed by atoms with van der Waals surface area (Å²) in [5.41, 5.74) is 2.68. The fraction of sp³-hybridized carbons (Fsp3) is 1.00. The molecule has 1 aliphatic carbocycles. The molecule has 0 aromatic heterocycles. The second-order valence-electron chi connectivity index (χ2n) is 6.14. The lowest BCUT2D eigenvalue weighted by atomic mass is 9.79. The van der Waals surface area contributed by atoms with Crippen LogP contribution in [-0.4, -0.2) is 36.8 Å². The highest BCUT2D eigenvalue weighted by molar-refractivity contribution is 4.99. The molecule has 0 spiro atoms. The summed E-state index contributed by atoms with van der Waals surface area (Å²) in [5.74, 6) is 5.67. The summed E-state index contributed by atoms with van der Waals surface area (Å²) in [5, 5.41) is 0. The Morgan fingerprint density at radius 3 is 2.10 bits per heavy atom. The molecule has 0 amide bonds. The molecule has 0 saturated heterocycles. The van der Waals surface area contributed by atoms with Crippen LogP contribution in [0, 0.1) is 0 Å². The van der Waals surface area contributed by atoms with Crippen LogP contribution in [0.5, 0.6) is 0 Å². The van der Waals surface area contributed by atoms with Gasteiger partial charge in [0, 0.05) is 18.0 Å². The largest absolute Gasteiger partial charge is 0.389 e. The van der Waals surface area contributed by atoms with Crippen molar-refractivity contribution in [3.05, 3.63) is 0 Å². The Hall–Kier alpha value is -0.330. The number of halogens is 3. The number of likely N-dealkylation sites (N-methyl/N-ethyl adjacent to an activating group) is 1. The smallest absolute Gasteiger partial charge is 0.302 e. The summed E-state index contributed by atoms with van der Waals surface area (Å²) < 4.78 is 36.9. The van der Waals surface area contributed by atoms with Crippen LogP contribution in [0.1, 0.15) is 57.8 Å². The number of nitrogens with zero attached hydrogens (tertiary/aromatic N) is 1. The lowest BCUT2D eigenvalue weighted by Crippen LogP contribution is -2.60. The van der Waals surface area contributed by atoms with E-state index in [9.17, 15) is 13.2 Å². The molecule has 1 unspecified atom stereocenters. The fourth-order valence-electron chi connectivity index (χ4n) is 3.46. The number of alkyl halides is 3. The molecular weight excluding hydrogens is 267 g/mol. The first kappa shape index (κ1) is 17.7. The summed E-state index contributed by atoms with van der Waals surface area (Å²) in [4.78, 5) is 2.16. The molecule has 3 N–H and O–H groups in total. The van der Waals surface area contributed by atoms with Gasteiger partial charge in [-0.1, -0.05) is 25.7 Å². The van der Waals surface area contributed by atoms with E-state index in [1.807, 2.05) is 14.1 Å². The van der Waals surface area contributed by atoms with E-state index in [0.29, 0.717) is 6.42 Å². The average Bonchev–Trinajstić information content (AvgIpc) is 2.60. The molecule has 1 fully saturated rings. The third kappa shape index (κ3) is 4.90. The maximum atomic E-state index is 12.3. The molecule has 1 rings (SSSR count). The summed E-state index contributed by atoms with van der Waals surface area (Å²) in [6.45, 7) is 0. The molecular formula is C14H28F3N3. The van der Waals surface area contributed by atoms with Crippen LogP contribution in [0.25, 0.3) is 0 Å². The minimum atomic E-state index is -4.08. The molecule has 20 heavy (non-hydrogen) atoms. The first-order chi connectivity index (χ1) is 9.32. The molecule has 0 aliphatic heterocycles. The maximum absolute atomic E-state index is 12.3. The van der Waals surface area contributed by atoms with Crippen molar-refractivity contribution < 1.29 is 13.2 Å². The second-order valence-corrected chi connectivity index (χ2v) is 6.14. The van der Waals surface area contributed by atoms with Crippen LogP contribution >= 0.6 is 0 Å². The van der Waals surface area contributed by atoms with E-state index in [2.05, 4.69) is 10.3 Å². The summed E-state index contributed by atoms with van der Waals surface area (Å²) in [7, 11) is 4.03. The monoisotopic (exact) mass is 295 g/mol. The molecule has 6 heteroatoms. The SMILES string of the molecule is CN(C)C1(C(CCCC(F)(F)F)NN)CCCCCC1. The fourth-order valence-corrected chi connectivity index (χ4v) is 3.46. The molecule has 0 heterocycles. The van der Waals surface area contributed by atoms with E-state index < -0.39 is 12.6 Å². The van der Waals surface area contributed by atoms with Crippen LogP contribution in [0.4, 0.5) is 13.2 Å². The van der Waals surface area contributed by atoms with Gasteiger partial charge in [-0.3, -0.25) is 11.3 Å². The standard InChI is InChI=1S/C14H28F3N3/c1-20(2)13(9-5-3-4-6-10-13)12(19-18)8-7-11-14(15,16)17/h12,19H,3-11,18H2,1-2H3. The molecule has 3 nitrogen and oxygen atoms in total. The zero-order chi connectivity index (χ0) is 15.2. The third-order valence-corrected chi connectivity index (χ3v) is 4.66. The number of hydrogen-bond donors (Lipinski definition) is 2. The van der Waals surface area contributed by atoms with Gasteiger partial charge in [0.05, 0.1) is 0 Å². The summed E-state index contributed by atoms with van der Waals surface area (Å²) >= 11 is 0. The predicted octanol–water partition coefficient (Wildman–Crippen LogP) is 3.21. The maximum Gasteiger partial charge on any atom is 0.389 e. The molecule has 0 aromatic rings. The van der Waals surface area contributed by atoms with Crippen molar-refractivity contribution in [3.63, 3.8) is 0 Å². The van der Waals surface area contributed by atoms with Crippen LogP contribution in [0.2, 0.25) is 0 Å². The van der Waals surface area contributed by atoms with Crippen LogP contribution in [-0.2, 0) is 0 Å². The first-order valence-electron chi connectivity index (χ1n) is 7.52. The number of rotatable bonds is 6. The van der Waals surface area contributed by atoms with Crippen LogP contribution < -0.4 is 11.3 Å². The number of hydrogen-bond acceptors (Lipinski definition) is 3. The highest BCUT2D eigenvalue weighted by Gasteiger charge is 2.40. The van der Waals surface area contributed by atoms with Crippen LogP contribution in [0.15, 0.2) is 0 Å². The Morgan fingerprint density at radius 1 is 1.15 bits per heavy atom. The number of nitrogens with two attached hydrogens (primary N) is 1. The lowest BCUT2D eigenvalue weighted by molar-refractivity contribution is -0.136. The van der Waals surface area contributed by atoms with E-state index in [4.69, 9.17) is 5.84 Å². The topological polar surface area (TPSA) is 41.3 Å². The van der Waals surface area contributed by atoms with Gasteiger partial charge < -0.3 is 4.90 Å². The van der Waals surface area contributed by atoms with Gasteiger partial charge >= 0.3 is 6.18 Å². The predicted molar refractivity (Wildman–Crippen MR) is 75.1 cm³/mol. The zero-order valence-corrected chi connectivity index (χ0v) is 12.6. The highest BCUT2D eigenvalue weighted by atomic mass is 19.4. The highest BCUT2D eigenvalue weighted by Crippen LogP contribution is 2.36. The minimum absolute atomic E-state index is 0.0852. The van der Waals surface area contributed by atoms with Crippen molar-refractivity contribution in [1.29, 1.82) is 0 Å². The second kappa shape index (κ2) is 7.61. The number of nitrogens with one attached hydrogen (secondary N) is 1. The third-order valence-electron chi connectivity index (χ3n) is 4.66. The quantitative estimate of drug-likeness (QED) is 0.449. The Morgan fingerprint density at radius 2 is 1.70 bits per heavy atom. The van der Waals surface area contributed by atoms with E-state index in [1.165, 1.54) is 12.8 Å². The van der Waals surface area contributed by atoms with Gasteiger partial charge in [0.25, 0.3) is 0 Å². The van der Waals surface area contributed by atoms with E-state index in [1.54, 1.807) is 0 Å². The Labute approximate surface area is 120 Å². The molecule has 0 bridgehead atoms. The molecule has 1 aliphatic rings. The van der Waals surface area contributed by atoms with Crippen molar-refractivity contribution in [1.82, 2.24) is 10.3 Å². The molecule has 1 atom stereocenters. The van der Waals surface area contributed by atoms with Crippen molar-refractivity contribution in [2.75, 3.05) is 14.1 Å². The first-order valence-corrected chi connectivity index (χ1v) is 7.52. The van der Waals surface area contributed by atoms with Crippen molar-refractivity contribution >= 4 is 0 Å². The zero-order valence-electron chi connectivity index (χ0n) is 12.6. The van der Waals surface area contributed by atoms with Gasteiger partial charge in [-0.2, -0.15) is 13.2 Å². The summed E-state index contributed by atoms with van der Waals surface area (Å²) in [6.07, 6.45) is 2.45. The van der Waals surface area contributed by atoms with Crippen molar-refractivity contribution in [3.8, 4) is 0 Å². The van der Waals surface area contributed by atoms with Gasteiger partial charge in [0.15, 0.2) is 0 Å². The van der Waals surface area contributed by atoms with E-state index >= 15 is 0 Å². The number of hydrazine groups is 1. The Balaban J connectivity index is 2.70. The molecule has 0 aromatic carbocycles. The van der Waals surface area contributed by atoms with Gasteiger partial charge in [-0.15, -0.1) is 0 Å². The Bertz CT molecular complexity index is 271. The van der Waals surface area contributed by atoms with E-state index in [-0.39, 0.29) is 18.0 Å². The summed E-state index contributed by atoms with van der Waals surface area (Å²) in [6, 6.07) is -0.0852.